The lowest BCUT2D eigenvalue weighted by atomic mass is 10.3. The van der Waals surface area contributed by atoms with Gasteiger partial charge in [0.15, 0.2) is 0 Å². The molecule has 1 aromatic carbocycles. The standard InChI is InChI=1S/C12H15N3O3/c1-3-18-15(12(16)17)8(2)11-13-9-6-4-5-7-10(9)14-11/h4-8H,3H2,1-2H3,(H,13,14)(H,16,17). The summed E-state index contributed by atoms with van der Waals surface area (Å²) in [5, 5.41) is 9.97. The molecular weight excluding hydrogens is 234 g/mol. The molecule has 0 spiro atoms. The van der Waals surface area contributed by atoms with Crippen LogP contribution >= 0.6 is 0 Å². The van der Waals surface area contributed by atoms with Gasteiger partial charge in [-0.05, 0) is 26.0 Å². The molecule has 18 heavy (non-hydrogen) atoms. The Morgan fingerprint density at radius 2 is 2.28 bits per heavy atom. The number of imidazole rings is 1. The average molecular weight is 249 g/mol. The third-order valence-corrected chi connectivity index (χ3v) is 2.61. The number of aromatic nitrogens is 2. The van der Waals surface area contributed by atoms with Crippen molar-refractivity contribution in [2.75, 3.05) is 6.61 Å². The molecule has 2 rings (SSSR count). The lowest BCUT2D eigenvalue weighted by Gasteiger charge is -2.22. The maximum absolute atomic E-state index is 11.1. The van der Waals surface area contributed by atoms with Crippen molar-refractivity contribution >= 4 is 17.1 Å². The van der Waals surface area contributed by atoms with Crippen molar-refractivity contribution in [2.24, 2.45) is 0 Å². The van der Waals surface area contributed by atoms with Gasteiger partial charge in [-0.25, -0.2) is 9.78 Å². The second-order valence-corrected chi connectivity index (χ2v) is 3.84. The summed E-state index contributed by atoms with van der Waals surface area (Å²) in [4.78, 5) is 23.6. The van der Waals surface area contributed by atoms with Crippen LogP contribution in [0.4, 0.5) is 4.79 Å². The van der Waals surface area contributed by atoms with Gasteiger partial charge in [0.05, 0.1) is 17.6 Å². The molecule has 0 aliphatic carbocycles. The zero-order valence-electron chi connectivity index (χ0n) is 10.3. The van der Waals surface area contributed by atoms with Crippen LogP contribution in [0.3, 0.4) is 0 Å². The normalized spacial score (nSPS) is 12.6. The van der Waals surface area contributed by atoms with Crippen molar-refractivity contribution in [3.63, 3.8) is 0 Å². The van der Waals surface area contributed by atoms with E-state index in [0.29, 0.717) is 5.82 Å². The minimum absolute atomic E-state index is 0.289. The molecule has 0 bridgehead atoms. The van der Waals surface area contributed by atoms with Crippen LogP contribution in [-0.4, -0.2) is 32.8 Å². The molecular formula is C12H15N3O3. The van der Waals surface area contributed by atoms with Gasteiger partial charge in [-0.1, -0.05) is 12.1 Å². The quantitative estimate of drug-likeness (QED) is 0.816. The molecule has 1 atom stereocenters. The lowest BCUT2D eigenvalue weighted by molar-refractivity contribution is -0.152. The van der Waals surface area contributed by atoms with Crippen molar-refractivity contribution in [1.82, 2.24) is 15.0 Å². The summed E-state index contributed by atoms with van der Waals surface area (Å²) >= 11 is 0. The number of nitrogens with zero attached hydrogens (tertiary/aromatic N) is 2. The van der Waals surface area contributed by atoms with Crippen LogP contribution in [0.25, 0.3) is 11.0 Å². The van der Waals surface area contributed by atoms with Crippen molar-refractivity contribution in [3.8, 4) is 0 Å². The van der Waals surface area contributed by atoms with Crippen LogP contribution in [0.1, 0.15) is 25.7 Å². The van der Waals surface area contributed by atoms with Crippen LogP contribution in [0.2, 0.25) is 0 Å². The number of para-hydroxylation sites is 2. The van der Waals surface area contributed by atoms with Crippen molar-refractivity contribution in [3.05, 3.63) is 30.1 Å². The van der Waals surface area contributed by atoms with Gasteiger partial charge in [-0.2, -0.15) is 5.06 Å². The summed E-state index contributed by atoms with van der Waals surface area (Å²) in [5.74, 6) is 0.562. The minimum atomic E-state index is -1.13. The fraction of sp³-hybridized carbons (Fsp3) is 0.333. The van der Waals surface area contributed by atoms with Gasteiger partial charge >= 0.3 is 6.09 Å². The molecule has 1 amide bonds. The summed E-state index contributed by atoms with van der Waals surface area (Å²) in [6.45, 7) is 3.75. The van der Waals surface area contributed by atoms with E-state index < -0.39 is 12.1 Å². The molecule has 6 heteroatoms. The van der Waals surface area contributed by atoms with E-state index in [1.54, 1.807) is 13.8 Å². The third-order valence-electron chi connectivity index (χ3n) is 2.61. The van der Waals surface area contributed by atoms with Gasteiger partial charge < -0.3 is 10.1 Å². The van der Waals surface area contributed by atoms with Crippen LogP contribution in [0.5, 0.6) is 0 Å². The van der Waals surface area contributed by atoms with Gasteiger partial charge in [0.1, 0.15) is 11.9 Å². The molecule has 1 aromatic heterocycles. The number of H-pyrrole nitrogens is 1. The molecule has 6 nitrogen and oxygen atoms in total. The molecule has 0 saturated carbocycles. The second-order valence-electron chi connectivity index (χ2n) is 3.84. The largest absolute Gasteiger partial charge is 0.463 e. The van der Waals surface area contributed by atoms with Gasteiger partial charge in [-0.15, -0.1) is 0 Å². The highest BCUT2D eigenvalue weighted by atomic mass is 16.7. The number of amides is 1. The molecule has 0 fully saturated rings. The van der Waals surface area contributed by atoms with Crippen molar-refractivity contribution < 1.29 is 14.7 Å². The molecule has 1 unspecified atom stereocenters. The van der Waals surface area contributed by atoms with E-state index in [9.17, 15) is 4.79 Å². The highest BCUT2D eigenvalue weighted by molar-refractivity contribution is 5.75. The molecule has 1 heterocycles. The van der Waals surface area contributed by atoms with E-state index in [4.69, 9.17) is 9.94 Å². The Hall–Kier alpha value is -2.08. The highest BCUT2D eigenvalue weighted by Gasteiger charge is 2.24. The number of hydrogen-bond donors (Lipinski definition) is 2. The monoisotopic (exact) mass is 249 g/mol. The fourth-order valence-corrected chi connectivity index (χ4v) is 1.75. The van der Waals surface area contributed by atoms with E-state index in [1.807, 2.05) is 24.3 Å². The van der Waals surface area contributed by atoms with E-state index in [1.165, 1.54) is 0 Å². The number of rotatable bonds is 4. The first-order valence-electron chi connectivity index (χ1n) is 5.73. The van der Waals surface area contributed by atoms with Gasteiger partial charge in [0.2, 0.25) is 0 Å². The van der Waals surface area contributed by atoms with Crippen molar-refractivity contribution in [1.29, 1.82) is 0 Å². The maximum atomic E-state index is 11.1. The molecule has 2 N–H and O–H groups in total. The first kappa shape index (κ1) is 12.4. The van der Waals surface area contributed by atoms with E-state index in [-0.39, 0.29) is 6.61 Å². The van der Waals surface area contributed by atoms with Crippen LogP contribution in [0.15, 0.2) is 24.3 Å². The Balaban J connectivity index is 2.31. The SMILES string of the molecule is CCON(C(=O)O)C(C)c1nc2ccccc2[nH]1. The summed E-state index contributed by atoms with van der Waals surface area (Å²) in [7, 11) is 0. The van der Waals surface area contributed by atoms with Crippen molar-refractivity contribution in [2.45, 2.75) is 19.9 Å². The van der Waals surface area contributed by atoms with Gasteiger partial charge in [0.25, 0.3) is 0 Å². The van der Waals surface area contributed by atoms with Gasteiger partial charge in [0, 0.05) is 0 Å². The Morgan fingerprint density at radius 3 is 2.89 bits per heavy atom. The fourth-order valence-electron chi connectivity index (χ4n) is 1.75. The smallest absolute Gasteiger partial charge is 0.432 e. The molecule has 2 aromatic rings. The van der Waals surface area contributed by atoms with Crippen LogP contribution in [0, 0.1) is 0 Å². The Labute approximate surface area is 104 Å². The molecule has 0 aliphatic heterocycles. The summed E-state index contributed by atoms with van der Waals surface area (Å²) in [6.07, 6.45) is -1.13. The molecule has 0 aliphatic rings. The first-order valence-corrected chi connectivity index (χ1v) is 5.73. The Bertz CT molecular complexity index is 519. The lowest BCUT2D eigenvalue weighted by Crippen LogP contribution is -2.33. The van der Waals surface area contributed by atoms with E-state index in [2.05, 4.69) is 9.97 Å². The van der Waals surface area contributed by atoms with E-state index in [0.717, 1.165) is 16.1 Å². The number of benzene rings is 1. The summed E-state index contributed by atoms with van der Waals surface area (Å²) in [5.41, 5.74) is 1.68. The predicted octanol–water partition coefficient (Wildman–Crippen LogP) is 2.56. The van der Waals surface area contributed by atoms with Crippen LogP contribution < -0.4 is 0 Å². The van der Waals surface area contributed by atoms with Crippen LogP contribution in [-0.2, 0) is 4.84 Å². The first-order chi connectivity index (χ1) is 8.63. The minimum Gasteiger partial charge on any atom is -0.463 e. The number of nitrogens with one attached hydrogen (secondary N) is 1. The molecule has 96 valence electrons. The Morgan fingerprint density at radius 1 is 1.56 bits per heavy atom. The number of carbonyl (C=O) groups is 1. The summed E-state index contributed by atoms with van der Waals surface area (Å²) in [6, 6.07) is 7.05. The average Bonchev–Trinajstić information content (AvgIpc) is 2.78. The van der Waals surface area contributed by atoms with Gasteiger partial charge in [-0.3, -0.25) is 4.84 Å². The predicted molar refractivity (Wildman–Crippen MR) is 66.0 cm³/mol. The van der Waals surface area contributed by atoms with E-state index >= 15 is 0 Å². The second kappa shape index (κ2) is 5.05. The summed E-state index contributed by atoms with van der Waals surface area (Å²) < 4.78 is 0. The topological polar surface area (TPSA) is 78.4 Å². The number of fused-ring (bicyclic) bond motifs is 1. The number of carboxylic acid groups (broad SMARTS) is 1. The molecule has 0 saturated heterocycles. The number of hydrogen-bond acceptors (Lipinski definition) is 3. The zero-order chi connectivity index (χ0) is 13.1. The zero-order valence-corrected chi connectivity index (χ0v) is 10.3. The third kappa shape index (κ3) is 2.28. The number of hydroxylamine groups is 2. The highest BCUT2D eigenvalue weighted by Crippen LogP contribution is 2.21. The maximum Gasteiger partial charge on any atom is 0.432 e. The number of aromatic amines is 1. The Kier molecular flexibility index (Phi) is 3.47. The molecule has 0 radical (unpaired) electrons.